The lowest BCUT2D eigenvalue weighted by molar-refractivity contribution is 0.199. The van der Waals surface area contributed by atoms with Gasteiger partial charge in [-0.25, -0.2) is 0 Å². The lowest BCUT2D eigenvalue weighted by Crippen LogP contribution is -2.37. The number of hydrogen-bond acceptors (Lipinski definition) is 3. The molecule has 0 saturated heterocycles. The molecular formula is C11H16BNO2. The lowest BCUT2D eigenvalue weighted by atomic mass is 9.79. The van der Waals surface area contributed by atoms with E-state index in [4.69, 9.17) is 15.0 Å². The van der Waals surface area contributed by atoms with E-state index in [0.29, 0.717) is 13.2 Å². The SMILES string of the molecule is CCC(N)COB1OCc2ccccc21. The van der Waals surface area contributed by atoms with Crippen molar-refractivity contribution in [1.82, 2.24) is 0 Å². The van der Waals surface area contributed by atoms with Crippen LogP contribution in [-0.2, 0) is 15.9 Å². The van der Waals surface area contributed by atoms with Gasteiger partial charge in [0.2, 0.25) is 0 Å². The Bertz CT molecular complexity index is 332. The average molecular weight is 205 g/mol. The molecule has 1 atom stereocenters. The van der Waals surface area contributed by atoms with Crippen molar-refractivity contribution in [3.63, 3.8) is 0 Å². The standard InChI is InChI=1S/C11H16BNO2/c1-2-10(13)8-15-12-11-6-4-3-5-9(11)7-14-12/h3-6,10H,2,7-8,13H2,1H3. The van der Waals surface area contributed by atoms with Gasteiger partial charge in [0.05, 0.1) is 6.61 Å². The monoisotopic (exact) mass is 205 g/mol. The van der Waals surface area contributed by atoms with Crippen LogP contribution >= 0.6 is 0 Å². The van der Waals surface area contributed by atoms with Crippen LogP contribution in [0, 0.1) is 0 Å². The van der Waals surface area contributed by atoms with Crippen LogP contribution in [-0.4, -0.2) is 19.8 Å². The van der Waals surface area contributed by atoms with Gasteiger partial charge >= 0.3 is 7.12 Å². The molecule has 3 nitrogen and oxygen atoms in total. The van der Waals surface area contributed by atoms with Crippen molar-refractivity contribution in [2.45, 2.75) is 26.0 Å². The summed E-state index contributed by atoms with van der Waals surface area (Å²) in [5, 5.41) is 0. The highest BCUT2D eigenvalue weighted by molar-refractivity contribution is 6.62. The van der Waals surface area contributed by atoms with E-state index in [0.717, 1.165) is 11.9 Å². The Labute approximate surface area is 90.7 Å². The maximum Gasteiger partial charge on any atom is 0.494 e. The van der Waals surface area contributed by atoms with Gasteiger partial charge in [-0.3, -0.25) is 0 Å². The molecule has 0 radical (unpaired) electrons. The molecule has 0 bridgehead atoms. The molecule has 1 unspecified atom stereocenters. The molecule has 2 rings (SSSR count). The van der Waals surface area contributed by atoms with Crippen LogP contribution in [0.25, 0.3) is 0 Å². The predicted molar refractivity (Wildman–Crippen MR) is 60.8 cm³/mol. The maximum atomic E-state index is 5.79. The fourth-order valence-corrected chi connectivity index (χ4v) is 1.62. The molecule has 0 spiro atoms. The Morgan fingerprint density at radius 2 is 2.33 bits per heavy atom. The summed E-state index contributed by atoms with van der Waals surface area (Å²) in [4.78, 5) is 0. The fraction of sp³-hybridized carbons (Fsp3) is 0.455. The third-order valence-corrected chi connectivity index (χ3v) is 2.69. The third-order valence-electron chi connectivity index (χ3n) is 2.69. The van der Waals surface area contributed by atoms with Gasteiger partial charge < -0.3 is 15.0 Å². The van der Waals surface area contributed by atoms with E-state index in [1.165, 1.54) is 5.56 Å². The van der Waals surface area contributed by atoms with Gasteiger partial charge in [0.15, 0.2) is 0 Å². The molecule has 0 amide bonds. The van der Waals surface area contributed by atoms with Crippen molar-refractivity contribution in [3.8, 4) is 0 Å². The summed E-state index contributed by atoms with van der Waals surface area (Å²) < 4.78 is 11.2. The Kier molecular flexibility index (Phi) is 3.41. The first-order chi connectivity index (χ1) is 7.31. The zero-order valence-corrected chi connectivity index (χ0v) is 8.98. The number of hydrogen-bond donors (Lipinski definition) is 1. The Balaban J connectivity index is 1.96. The van der Waals surface area contributed by atoms with Crippen LogP contribution in [0.15, 0.2) is 24.3 Å². The Morgan fingerprint density at radius 3 is 3.13 bits per heavy atom. The zero-order chi connectivity index (χ0) is 10.7. The molecule has 1 heterocycles. The summed E-state index contributed by atoms with van der Waals surface area (Å²) in [6.45, 7) is 3.25. The van der Waals surface area contributed by atoms with Crippen molar-refractivity contribution >= 4 is 12.6 Å². The summed E-state index contributed by atoms with van der Waals surface area (Å²) >= 11 is 0. The van der Waals surface area contributed by atoms with Gasteiger partial charge in [-0.05, 0) is 17.4 Å². The highest BCUT2D eigenvalue weighted by atomic mass is 16.6. The first kappa shape index (κ1) is 10.7. The summed E-state index contributed by atoms with van der Waals surface area (Å²) in [6, 6.07) is 8.23. The van der Waals surface area contributed by atoms with Crippen molar-refractivity contribution in [2.75, 3.05) is 6.61 Å². The zero-order valence-electron chi connectivity index (χ0n) is 8.98. The number of rotatable bonds is 4. The van der Waals surface area contributed by atoms with Crippen molar-refractivity contribution < 1.29 is 9.31 Å². The fourth-order valence-electron chi connectivity index (χ4n) is 1.62. The molecule has 0 saturated carbocycles. The highest BCUT2D eigenvalue weighted by Gasteiger charge is 2.30. The molecule has 80 valence electrons. The lowest BCUT2D eigenvalue weighted by Gasteiger charge is -2.12. The molecule has 0 aromatic heterocycles. The number of benzene rings is 1. The van der Waals surface area contributed by atoms with Gasteiger partial charge in [0, 0.05) is 12.6 Å². The molecule has 4 heteroatoms. The normalized spacial score (nSPS) is 16.5. The minimum Gasteiger partial charge on any atom is -0.406 e. The molecule has 1 aliphatic heterocycles. The minimum atomic E-state index is -0.223. The van der Waals surface area contributed by atoms with E-state index < -0.39 is 0 Å². The van der Waals surface area contributed by atoms with E-state index >= 15 is 0 Å². The topological polar surface area (TPSA) is 44.5 Å². The van der Waals surface area contributed by atoms with E-state index in [1.807, 2.05) is 18.2 Å². The van der Waals surface area contributed by atoms with E-state index in [2.05, 4.69) is 13.0 Å². The molecule has 0 aliphatic carbocycles. The molecular weight excluding hydrogens is 189 g/mol. The minimum absolute atomic E-state index is 0.0985. The second-order valence-corrected chi connectivity index (χ2v) is 3.84. The van der Waals surface area contributed by atoms with E-state index in [9.17, 15) is 0 Å². The molecule has 0 fully saturated rings. The second-order valence-electron chi connectivity index (χ2n) is 3.84. The van der Waals surface area contributed by atoms with Crippen LogP contribution in [0.4, 0.5) is 0 Å². The first-order valence-electron chi connectivity index (χ1n) is 5.38. The van der Waals surface area contributed by atoms with Crippen LogP contribution in [0.2, 0.25) is 0 Å². The van der Waals surface area contributed by atoms with E-state index in [1.54, 1.807) is 0 Å². The summed E-state index contributed by atoms with van der Waals surface area (Å²) in [5.41, 5.74) is 8.15. The van der Waals surface area contributed by atoms with Crippen LogP contribution < -0.4 is 11.2 Å². The second kappa shape index (κ2) is 4.79. The van der Waals surface area contributed by atoms with Crippen LogP contribution in [0.5, 0.6) is 0 Å². The molecule has 1 aliphatic rings. The number of fused-ring (bicyclic) bond motifs is 1. The smallest absolute Gasteiger partial charge is 0.406 e. The Morgan fingerprint density at radius 1 is 1.53 bits per heavy atom. The molecule has 1 aromatic rings. The molecule has 15 heavy (non-hydrogen) atoms. The number of nitrogens with two attached hydrogens (primary N) is 1. The molecule has 2 N–H and O–H groups in total. The van der Waals surface area contributed by atoms with Crippen LogP contribution in [0.1, 0.15) is 18.9 Å². The summed E-state index contributed by atoms with van der Waals surface area (Å²) in [5.74, 6) is 0. The maximum absolute atomic E-state index is 5.79. The largest absolute Gasteiger partial charge is 0.494 e. The average Bonchev–Trinajstić information content (AvgIpc) is 2.69. The Hall–Kier alpha value is -0.835. The first-order valence-corrected chi connectivity index (χ1v) is 5.38. The molecule has 1 aromatic carbocycles. The quantitative estimate of drug-likeness (QED) is 0.734. The highest BCUT2D eigenvalue weighted by Crippen LogP contribution is 2.11. The summed E-state index contributed by atoms with van der Waals surface area (Å²) in [7, 11) is -0.223. The van der Waals surface area contributed by atoms with Crippen molar-refractivity contribution in [1.29, 1.82) is 0 Å². The van der Waals surface area contributed by atoms with Crippen LogP contribution in [0.3, 0.4) is 0 Å². The van der Waals surface area contributed by atoms with Gasteiger partial charge in [0.1, 0.15) is 0 Å². The summed E-state index contributed by atoms with van der Waals surface area (Å²) in [6.07, 6.45) is 0.925. The van der Waals surface area contributed by atoms with Gasteiger partial charge in [-0.15, -0.1) is 0 Å². The van der Waals surface area contributed by atoms with Gasteiger partial charge in [-0.2, -0.15) is 0 Å². The van der Waals surface area contributed by atoms with Gasteiger partial charge in [-0.1, -0.05) is 31.2 Å². The van der Waals surface area contributed by atoms with E-state index in [-0.39, 0.29) is 13.2 Å². The predicted octanol–water partition coefficient (Wildman–Crippen LogP) is 0.666. The van der Waals surface area contributed by atoms with Crippen molar-refractivity contribution in [3.05, 3.63) is 29.8 Å². The van der Waals surface area contributed by atoms with Crippen molar-refractivity contribution in [2.24, 2.45) is 5.73 Å². The third kappa shape index (κ3) is 2.40. The van der Waals surface area contributed by atoms with Gasteiger partial charge in [0.25, 0.3) is 0 Å².